The molecule has 3 saturated carbocycles. The lowest BCUT2D eigenvalue weighted by molar-refractivity contribution is -0.152. The summed E-state index contributed by atoms with van der Waals surface area (Å²) in [6.45, 7) is 6.73. The normalized spacial score (nSPS) is 46.8. The van der Waals surface area contributed by atoms with Gasteiger partial charge in [0.2, 0.25) is 0 Å². The minimum atomic E-state index is 0.343. The molecule has 0 saturated heterocycles. The Morgan fingerprint density at radius 2 is 2.09 bits per heavy atom. The van der Waals surface area contributed by atoms with Gasteiger partial charge in [0.05, 0.1) is 0 Å². The average molecular weight is 152 g/mol. The first-order valence-electron chi connectivity index (χ1n) is 4.56. The van der Waals surface area contributed by atoms with Crippen LogP contribution in [0.1, 0.15) is 33.6 Å². The minimum Gasteiger partial charge on any atom is -0.299 e. The maximum Gasteiger partial charge on any atom is 0.136 e. The van der Waals surface area contributed by atoms with Crippen molar-refractivity contribution in [1.82, 2.24) is 0 Å². The van der Waals surface area contributed by atoms with Gasteiger partial charge in [0.1, 0.15) is 5.78 Å². The van der Waals surface area contributed by atoms with Crippen molar-refractivity contribution in [2.24, 2.45) is 23.2 Å². The van der Waals surface area contributed by atoms with Gasteiger partial charge in [-0.05, 0) is 23.7 Å². The molecule has 0 aliphatic heterocycles. The van der Waals surface area contributed by atoms with Crippen LogP contribution in [0, 0.1) is 23.2 Å². The second-order valence-corrected chi connectivity index (χ2v) is 4.82. The molecule has 1 heteroatoms. The van der Waals surface area contributed by atoms with Crippen LogP contribution in [0.2, 0.25) is 0 Å². The molecular formula is C10H16O. The largest absolute Gasteiger partial charge is 0.299 e. The van der Waals surface area contributed by atoms with E-state index in [1.165, 1.54) is 6.42 Å². The van der Waals surface area contributed by atoms with Crippen molar-refractivity contribution in [2.45, 2.75) is 33.6 Å². The molecule has 0 spiro atoms. The fourth-order valence-corrected chi connectivity index (χ4v) is 2.90. The van der Waals surface area contributed by atoms with E-state index < -0.39 is 0 Å². The van der Waals surface area contributed by atoms with Crippen LogP contribution in [-0.2, 0) is 4.79 Å². The molecular weight excluding hydrogens is 136 g/mol. The molecule has 11 heavy (non-hydrogen) atoms. The van der Waals surface area contributed by atoms with Gasteiger partial charge in [-0.15, -0.1) is 0 Å². The summed E-state index contributed by atoms with van der Waals surface area (Å²) in [5, 5.41) is 0. The fourth-order valence-electron chi connectivity index (χ4n) is 2.90. The van der Waals surface area contributed by atoms with Gasteiger partial charge >= 0.3 is 0 Å². The Labute approximate surface area is 68.2 Å². The van der Waals surface area contributed by atoms with E-state index in [0.717, 1.165) is 6.42 Å². The van der Waals surface area contributed by atoms with Crippen molar-refractivity contribution in [3.8, 4) is 0 Å². The summed E-state index contributed by atoms with van der Waals surface area (Å²) < 4.78 is 0. The smallest absolute Gasteiger partial charge is 0.136 e. The van der Waals surface area contributed by atoms with Crippen molar-refractivity contribution in [2.75, 3.05) is 0 Å². The van der Waals surface area contributed by atoms with Crippen molar-refractivity contribution in [3.05, 3.63) is 0 Å². The van der Waals surface area contributed by atoms with Crippen LogP contribution in [0.4, 0.5) is 0 Å². The third-order valence-corrected chi connectivity index (χ3v) is 4.11. The Balaban J connectivity index is 2.23. The number of hydrogen-bond acceptors (Lipinski definition) is 1. The lowest BCUT2D eigenvalue weighted by Gasteiger charge is -2.58. The second-order valence-electron chi connectivity index (χ2n) is 4.82. The highest BCUT2D eigenvalue weighted by Crippen LogP contribution is 2.59. The highest BCUT2D eigenvalue weighted by atomic mass is 16.1. The number of hydrogen-bond donors (Lipinski definition) is 0. The van der Waals surface area contributed by atoms with E-state index in [1.54, 1.807) is 0 Å². The van der Waals surface area contributed by atoms with Gasteiger partial charge in [-0.2, -0.15) is 0 Å². The molecule has 1 unspecified atom stereocenters. The van der Waals surface area contributed by atoms with Gasteiger partial charge in [-0.3, -0.25) is 4.79 Å². The lowest BCUT2D eigenvalue weighted by atomic mass is 9.45. The summed E-state index contributed by atoms with van der Waals surface area (Å²) >= 11 is 0. The molecule has 3 rings (SSSR count). The molecule has 0 amide bonds. The molecule has 1 nitrogen and oxygen atoms in total. The molecule has 2 bridgehead atoms. The van der Waals surface area contributed by atoms with Crippen molar-refractivity contribution < 1.29 is 4.79 Å². The Morgan fingerprint density at radius 1 is 1.45 bits per heavy atom. The first kappa shape index (κ1) is 7.33. The van der Waals surface area contributed by atoms with Gasteiger partial charge in [0.15, 0.2) is 0 Å². The first-order chi connectivity index (χ1) is 5.03. The molecule has 0 aromatic heterocycles. The zero-order valence-electron chi connectivity index (χ0n) is 7.55. The highest BCUT2D eigenvalue weighted by molar-refractivity contribution is 5.83. The van der Waals surface area contributed by atoms with Crippen LogP contribution >= 0.6 is 0 Å². The van der Waals surface area contributed by atoms with E-state index in [1.807, 2.05) is 0 Å². The Morgan fingerprint density at radius 3 is 2.45 bits per heavy atom. The number of Topliss-reactive ketones (excluding diaryl/α,β-unsaturated/α-hetero) is 1. The molecule has 0 aromatic carbocycles. The van der Waals surface area contributed by atoms with E-state index in [-0.39, 0.29) is 0 Å². The Kier molecular flexibility index (Phi) is 1.25. The predicted molar refractivity (Wildman–Crippen MR) is 44.2 cm³/mol. The number of fused-ring (bicyclic) bond motifs is 2. The number of ketones is 1. The standard InChI is InChI=1S/C10H16O/c1-6-8-4-7(5-9(6)11)10(8,2)3/h6-8H,4-5H2,1-3H3/t6?,7-,8+/m1/s1. The van der Waals surface area contributed by atoms with Crippen LogP contribution in [0.15, 0.2) is 0 Å². The summed E-state index contributed by atoms with van der Waals surface area (Å²) in [6.07, 6.45) is 2.16. The van der Waals surface area contributed by atoms with Crippen LogP contribution in [0.3, 0.4) is 0 Å². The molecule has 0 heterocycles. The Hall–Kier alpha value is -0.330. The van der Waals surface area contributed by atoms with Crippen molar-refractivity contribution in [3.63, 3.8) is 0 Å². The zero-order valence-corrected chi connectivity index (χ0v) is 7.55. The van der Waals surface area contributed by atoms with Crippen LogP contribution < -0.4 is 0 Å². The van der Waals surface area contributed by atoms with E-state index in [9.17, 15) is 4.79 Å². The summed E-state index contributed by atoms with van der Waals surface area (Å²) in [6, 6.07) is 0. The number of carbonyl (C=O) groups is 1. The van der Waals surface area contributed by atoms with Gasteiger partial charge in [0, 0.05) is 12.3 Å². The lowest BCUT2D eigenvalue weighted by Crippen LogP contribution is -2.55. The summed E-state index contributed by atoms with van der Waals surface area (Å²) in [5.74, 6) is 2.24. The van der Waals surface area contributed by atoms with Crippen molar-refractivity contribution in [1.29, 1.82) is 0 Å². The second kappa shape index (κ2) is 1.88. The maximum absolute atomic E-state index is 11.3. The van der Waals surface area contributed by atoms with Crippen LogP contribution in [-0.4, -0.2) is 5.78 Å². The molecule has 0 radical (unpaired) electrons. The quantitative estimate of drug-likeness (QED) is 0.520. The van der Waals surface area contributed by atoms with Gasteiger partial charge in [-0.25, -0.2) is 0 Å². The molecule has 3 atom stereocenters. The number of carbonyl (C=O) groups excluding carboxylic acids is 1. The summed E-state index contributed by atoms with van der Waals surface area (Å²) in [7, 11) is 0. The maximum atomic E-state index is 11.3. The molecule has 0 N–H and O–H groups in total. The van der Waals surface area contributed by atoms with Crippen molar-refractivity contribution >= 4 is 5.78 Å². The zero-order chi connectivity index (χ0) is 8.22. The van der Waals surface area contributed by atoms with Gasteiger partial charge in [-0.1, -0.05) is 20.8 Å². The molecule has 3 aliphatic rings. The fraction of sp³-hybridized carbons (Fsp3) is 0.900. The third-order valence-electron chi connectivity index (χ3n) is 4.11. The average Bonchev–Trinajstić information content (AvgIpc) is 1.93. The van der Waals surface area contributed by atoms with E-state index in [4.69, 9.17) is 0 Å². The third kappa shape index (κ3) is 0.743. The summed E-state index contributed by atoms with van der Waals surface area (Å²) in [4.78, 5) is 11.3. The first-order valence-corrected chi connectivity index (χ1v) is 4.56. The molecule has 3 fully saturated rings. The van der Waals surface area contributed by atoms with Gasteiger partial charge < -0.3 is 0 Å². The molecule has 62 valence electrons. The SMILES string of the molecule is CC1C(=O)C[C@H]2C[C@@H]1C2(C)C. The highest BCUT2D eigenvalue weighted by Gasteiger charge is 2.55. The van der Waals surface area contributed by atoms with E-state index in [0.29, 0.717) is 29.0 Å². The molecule has 3 aliphatic carbocycles. The number of rotatable bonds is 0. The van der Waals surface area contributed by atoms with Crippen LogP contribution in [0.5, 0.6) is 0 Å². The monoisotopic (exact) mass is 152 g/mol. The van der Waals surface area contributed by atoms with E-state index in [2.05, 4.69) is 20.8 Å². The van der Waals surface area contributed by atoms with Crippen LogP contribution in [0.25, 0.3) is 0 Å². The van der Waals surface area contributed by atoms with E-state index >= 15 is 0 Å². The molecule has 0 aromatic rings. The minimum absolute atomic E-state index is 0.343. The van der Waals surface area contributed by atoms with Gasteiger partial charge in [0.25, 0.3) is 0 Å². The summed E-state index contributed by atoms with van der Waals surface area (Å²) in [5.41, 5.74) is 0.466. The Bertz CT molecular complexity index is 205. The topological polar surface area (TPSA) is 17.1 Å². The predicted octanol–water partition coefficient (Wildman–Crippen LogP) is 2.26.